The van der Waals surface area contributed by atoms with Crippen molar-refractivity contribution in [3.63, 3.8) is 0 Å². The van der Waals surface area contributed by atoms with Gasteiger partial charge in [-0.05, 0) is 19.4 Å². The largest absolute Gasteiger partial charge is 0.468 e. The Morgan fingerprint density at radius 1 is 1.25 bits per heavy atom. The second-order valence-electron chi connectivity index (χ2n) is 5.20. The van der Waals surface area contributed by atoms with Crippen LogP contribution in [0.3, 0.4) is 0 Å². The van der Waals surface area contributed by atoms with E-state index in [2.05, 4.69) is 27.5 Å². The second-order valence-corrected chi connectivity index (χ2v) is 5.20. The fourth-order valence-electron chi connectivity index (χ4n) is 1.91. The molecule has 0 aromatic carbocycles. The van der Waals surface area contributed by atoms with Crippen molar-refractivity contribution in [1.82, 2.24) is 15.6 Å². The molecule has 0 unspecified atom stereocenters. The maximum absolute atomic E-state index is 12.3. The number of aromatic nitrogens is 1. The lowest BCUT2D eigenvalue weighted by molar-refractivity contribution is -0.154. The van der Waals surface area contributed by atoms with Crippen LogP contribution in [0.2, 0.25) is 0 Å². The van der Waals surface area contributed by atoms with E-state index in [1.54, 1.807) is 12.1 Å². The molecule has 0 amide bonds. The molecule has 0 aliphatic heterocycles. The van der Waals surface area contributed by atoms with Crippen molar-refractivity contribution in [2.45, 2.75) is 45.8 Å². The van der Waals surface area contributed by atoms with E-state index in [0.29, 0.717) is 18.1 Å². The summed E-state index contributed by atoms with van der Waals surface area (Å²) in [6.07, 6.45) is 0.296. The van der Waals surface area contributed by atoms with Gasteiger partial charge in [-0.3, -0.25) is 0 Å². The second kappa shape index (κ2) is 10.7. The van der Waals surface area contributed by atoms with Gasteiger partial charge in [0.05, 0.1) is 6.54 Å². The van der Waals surface area contributed by atoms with E-state index >= 15 is 0 Å². The number of aliphatic imine (C=N–C) groups is 1. The summed E-state index contributed by atoms with van der Waals surface area (Å²) in [4.78, 5) is 8.24. The molecule has 0 saturated carbocycles. The summed E-state index contributed by atoms with van der Waals surface area (Å²) in [6.45, 7) is 4.39. The predicted molar refractivity (Wildman–Crippen MR) is 88.1 cm³/mol. The maximum atomic E-state index is 12.3. The fourth-order valence-corrected chi connectivity index (χ4v) is 1.91. The molecule has 136 valence electrons. The zero-order valence-electron chi connectivity index (χ0n) is 14.1. The number of pyridine rings is 1. The molecule has 0 aliphatic carbocycles. The molecule has 24 heavy (non-hydrogen) atoms. The zero-order valence-corrected chi connectivity index (χ0v) is 14.1. The van der Waals surface area contributed by atoms with Crippen LogP contribution < -0.4 is 15.4 Å². The normalized spacial score (nSPS) is 12.1. The Labute approximate surface area is 140 Å². The first-order valence-corrected chi connectivity index (χ1v) is 8.12. The molecule has 1 heterocycles. The van der Waals surface area contributed by atoms with Crippen molar-refractivity contribution in [2.24, 2.45) is 4.99 Å². The summed E-state index contributed by atoms with van der Waals surface area (Å²) >= 11 is 0. The van der Waals surface area contributed by atoms with E-state index in [9.17, 15) is 13.2 Å². The van der Waals surface area contributed by atoms with Crippen LogP contribution in [-0.4, -0.2) is 36.8 Å². The van der Waals surface area contributed by atoms with Crippen LogP contribution in [0.5, 0.6) is 5.88 Å². The number of alkyl halides is 3. The van der Waals surface area contributed by atoms with Gasteiger partial charge < -0.3 is 15.4 Å². The number of ether oxygens (including phenoxy) is 1. The molecular weight excluding hydrogens is 321 g/mol. The standard InChI is InChI=1S/C16H25F3N4O/c1-3-5-6-9-22-15(20-4-2)23-11-13-8-7-10-21-14(13)24-12-16(17,18)19/h7-8,10H,3-6,9,11-12H2,1-2H3,(H2,20,22,23). The summed E-state index contributed by atoms with van der Waals surface area (Å²) in [6, 6.07) is 3.30. The molecule has 0 atom stereocenters. The first-order chi connectivity index (χ1) is 11.5. The van der Waals surface area contributed by atoms with Crippen LogP contribution >= 0.6 is 0 Å². The smallest absolute Gasteiger partial charge is 0.422 e. The third-order valence-corrected chi connectivity index (χ3v) is 3.05. The van der Waals surface area contributed by atoms with Crippen molar-refractivity contribution >= 4 is 5.96 Å². The average molecular weight is 346 g/mol. The highest BCUT2D eigenvalue weighted by Crippen LogP contribution is 2.20. The average Bonchev–Trinajstić information content (AvgIpc) is 2.54. The van der Waals surface area contributed by atoms with E-state index in [4.69, 9.17) is 4.74 Å². The van der Waals surface area contributed by atoms with Gasteiger partial charge in [0.1, 0.15) is 0 Å². The number of rotatable bonds is 9. The van der Waals surface area contributed by atoms with Crippen LogP contribution in [0, 0.1) is 0 Å². The SMILES string of the molecule is CCCCCNC(=NCc1cccnc1OCC(F)(F)F)NCC. The molecule has 8 heteroatoms. The summed E-state index contributed by atoms with van der Waals surface area (Å²) < 4.78 is 41.6. The third kappa shape index (κ3) is 8.59. The van der Waals surface area contributed by atoms with Crippen LogP contribution in [0.4, 0.5) is 13.2 Å². The Bertz CT molecular complexity index is 506. The lowest BCUT2D eigenvalue weighted by atomic mass is 10.2. The number of guanidine groups is 1. The van der Waals surface area contributed by atoms with Gasteiger partial charge in [0.15, 0.2) is 12.6 Å². The van der Waals surface area contributed by atoms with Crippen molar-refractivity contribution in [2.75, 3.05) is 19.7 Å². The first-order valence-electron chi connectivity index (χ1n) is 8.12. The minimum Gasteiger partial charge on any atom is -0.468 e. The molecule has 5 nitrogen and oxygen atoms in total. The Morgan fingerprint density at radius 2 is 2.04 bits per heavy atom. The monoisotopic (exact) mass is 346 g/mol. The van der Waals surface area contributed by atoms with Gasteiger partial charge in [-0.15, -0.1) is 0 Å². The van der Waals surface area contributed by atoms with Crippen molar-refractivity contribution in [3.8, 4) is 5.88 Å². The highest BCUT2D eigenvalue weighted by Gasteiger charge is 2.29. The number of hydrogen-bond donors (Lipinski definition) is 2. The fraction of sp³-hybridized carbons (Fsp3) is 0.625. The van der Waals surface area contributed by atoms with Gasteiger partial charge >= 0.3 is 6.18 Å². The highest BCUT2D eigenvalue weighted by atomic mass is 19.4. The Morgan fingerprint density at radius 3 is 2.71 bits per heavy atom. The molecule has 0 fully saturated rings. The molecular formula is C16H25F3N4O. The van der Waals surface area contributed by atoms with E-state index in [0.717, 1.165) is 25.8 Å². The number of hydrogen-bond acceptors (Lipinski definition) is 3. The highest BCUT2D eigenvalue weighted by molar-refractivity contribution is 5.79. The number of nitrogens with one attached hydrogen (secondary N) is 2. The Balaban J connectivity index is 2.67. The topological polar surface area (TPSA) is 58.5 Å². The molecule has 2 N–H and O–H groups in total. The summed E-state index contributed by atoms with van der Waals surface area (Å²) in [5, 5.41) is 6.30. The van der Waals surface area contributed by atoms with Gasteiger partial charge in [0.25, 0.3) is 0 Å². The van der Waals surface area contributed by atoms with Gasteiger partial charge in [-0.25, -0.2) is 9.98 Å². The quantitative estimate of drug-likeness (QED) is 0.409. The maximum Gasteiger partial charge on any atom is 0.422 e. The third-order valence-electron chi connectivity index (χ3n) is 3.05. The Hall–Kier alpha value is -1.99. The molecule has 0 bridgehead atoms. The van der Waals surface area contributed by atoms with Crippen LogP contribution in [-0.2, 0) is 6.54 Å². The lowest BCUT2D eigenvalue weighted by Crippen LogP contribution is -2.37. The molecule has 1 aromatic heterocycles. The molecule has 0 spiro atoms. The van der Waals surface area contributed by atoms with Crippen LogP contribution in [0.1, 0.15) is 38.7 Å². The molecule has 0 aliphatic rings. The molecule has 0 saturated heterocycles. The van der Waals surface area contributed by atoms with Crippen molar-refractivity contribution < 1.29 is 17.9 Å². The van der Waals surface area contributed by atoms with Gasteiger partial charge in [0.2, 0.25) is 5.88 Å². The number of unbranched alkanes of at least 4 members (excludes halogenated alkanes) is 2. The van der Waals surface area contributed by atoms with E-state index < -0.39 is 12.8 Å². The van der Waals surface area contributed by atoms with Gasteiger partial charge in [-0.1, -0.05) is 25.8 Å². The molecule has 1 rings (SSSR count). The van der Waals surface area contributed by atoms with Gasteiger partial charge in [0, 0.05) is 24.8 Å². The minimum atomic E-state index is -4.40. The summed E-state index contributed by atoms with van der Waals surface area (Å²) in [7, 11) is 0. The van der Waals surface area contributed by atoms with Gasteiger partial charge in [-0.2, -0.15) is 13.2 Å². The molecule has 0 radical (unpaired) electrons. The number of nitrogens with zero attached hydrogens (tertiary/aromatic N) is 2. The minimum absolute atomic E-state index is 0.0413. The van der Waals surface area contributed by atoms with Crippen LogP contribution in [0.25, 0.3) is 0 Å². The van der Waals surface area contributed by atoms with E-state index in [1.165, 1.54) is 6.20 Å². The predicted octanol–water partition coefficient (Wildman–Crippen LogP) is 3.27. The van der Waals surface area contributed by atoms with E-state index in [-0.39, 0.29) is 12.4 Å². The summed E-state index contributed by atoms with van der Waals surface area (Å²) in [5.41, 5.74) is 0.507. The molecule has 1 aromatic rings. The lowest BCUT2D eigenvalue weighted by Gasteiger charge is -2.13. The van der Waals surface area contributed by atoms with Crippen molar-refractivity contribution in [1.29, 1.82) is 0 Å². The van der Waals surface area contributed by atoms with Crippen LogP contribution in [0.15, 0.2) is 23.3 Å². The summed E-state index contributed by atoms with van der Waals surface area (Å²) in [5.74, 6) is 0.583. The first kappa shape index (κ1) is 20.1. The number of halogens is 3. The van der Waals surface area contributed by atoms with Crippen molar-refractivity contribution in [3.05, 3.63) is 23.9 Å². The zero-order chi connectivity index (χ0) is 17.8. The Kier molecular flexibility index (Phi) is 8.96. The van der Waals surface area contributed by atoms with E-state index in [1.807, 2.05) is 6.92 Å².